The fraction of sp³-hybridized carbons (Fsp3) is 0.231. The lowest BCUT2D eigenvalue weighted by molar-refractivity contribution is -0.134. The molecule has 4 heteroatoms. The molecule has 0 atom stereocenters. The van der Waals surface area contributed by atoms with Gasteiger partial charge in [-0.25, -0.2) is 9.78 Å². The second-order valence-corrected chi connectivity index (χ2v) is 3.57. The molecule has 1 aliphatic carbocycles. The van der Waals surface area contributed by atoms with Crippen molar-refractivity contribution in [3.8, 4) is 0 Å². The van der Waals surface area contributed by atoms with Gasteiger partial charge in [0.25, 0.3) is 0 Å². The van der Waals surface area contributed by atoms with E-state index in [1.165, 1.54) is 19.4 Å². The number of aromatic nitrogens is 1. The van der Waals surface area contributed by atoms with Crippen LogP contribution in [0, 0.1) is 0 Å². The molecule has 1 heterocycles. The van der Waals surface area contributed by atoms with Crippen LogP contribution in [0.1, 0.15) is 24.4 Å². The van der Waals surface area contributed by atoms with E-state index in [-0.39, 0.29) is 0 Å². The number of carbonyl (C=O) groups is 1. The number of hydrogen-bond acceptors (Lipinski definition) is 4. The smallest absolute Gasteiger partial charge is 0.330 e. The number of rotatable bonds is 3. The fourth-order valence-corrected chi connectivity index (χ4v) is 1.49. The van der Waals surface area contributed by atoms with Gasteiger partial charge >= 0.3 is 5.97 Å². The van der Waals surface area contributed by atoms with Crippen molar-refractivity contribution >= 4 is 17.6 Å². The normalized spacial score (nSPS) is 15.0. The van der Waals surface area contributed by atoms with Crippen molar-refractivity contribution in [1.29, 1.82) is 0 Å². The molecule has 0 saturated carbocycles. The van der Waals surface area contributed by atoms with Crippen LogP contribution in [0.3, 0.4) is 0 Å². The summed E-state index contributed by atoms with van der Waals surface area (Å²) in [5, 5.41) is 0. The Morgan fingerprint density at radius 2 is 2.41 bits per heavy atom. The first-order valence-corrected chi connectivity index (χ1v) is 5.38. The molecular formula is C13H13NO3. The lowest BCUT2D eigenvalue weighted by Gasteiger charge is -2.00. The molecule has 0 unspecified atom stereocenters. The van der Waals surface area contributed by atoms with Gasteiger partial charge in [-0.1, -0.05) is 18.2 Å². The molecule has 4 nitrogen and oxygen atoms in total. The van der Waals surface area contributed by atoms with E-state index < -0.39 is 5.97 Å². The van der Waals surface area contributed by atoms with E-state index in [0.717, 1.165) is 18.4 Å². The van der Waals surface area contributed by atoms with Gasteiger partial charge < -0.3 is 9.15 Å². The molecule has 1 aromatic rings. The Balaban J connectivity index is 2.11. The van der Waals surface area contributed by atoms with Gasteiger partial charge in [0.05, 0.1) is 7.11 Å². The first-order chi connectivity index (χ1) is 8.29. The number of hydrogen-bond donors (Lipinski definition) is 0. The van der Waals surface area contributed by atoms with Crippen LogP contribution < -0.4 is 0 Å². The van der Waals surface area contributed by atoms with Crippen LogP contribution >= 0.6 is 0 Å². The zero-order valence-corrected chi connectivity index (χ0v) is 9.55. The Bertz CT molecular complexity index is 495. The topological polar surface area (TPSA) is 52.3 Å². The monoisotopic (exact) mass is 231 g/mol. The Morgan fingerprint density at radius 1 is 1.53 bits per heavy atom. The molecule has 0 N–H and O–H groups in total. The number of ether oxygens (including phenoxy) is 1. The predicted octanol–water partition coefficient (Wildman–Crippen LogP) is 2.59. The summed E-state index contributed by atoms with van der Waals surface area (Å²) < 4.78 is 9.82. The summed E-state index contributed by atoms with van der Waals surface area (Å²) in [6.07, 6.45) is 12.6. The summed E-state index contributed by atoms with van der Waals surface area (Å²) in [5.74, 6) is 0.164. The first-order valence-electron chi connectivity index (χ1n) is 5.38. The molecule has 1 aromatic heterocycles. The van der Waals surface area contributed by atoms with Gasteiger partial charge in [0, 0.05) is 11.6 Å². The summed E-state index contributed by atoms with van der Waals surface area (Å²) in [6, 6.07) is 0. The third-order valence-electron chi connectivity index (χ3n) is 2.36. The van der Waals surface area contributed by atoms with Crippen molar-refractivity contribution in [1.82, 2.24) is 4.98 Å². The van der Waals surface area contributed by atoms with Gasteiger partial charge in [-0.3, -0.25) is 0 Å². The van der Waals surface area contributed by atoms with Crippen LogP contribution in [0.25, 0.3) is 11.6 Å². The van der Waals surface area contributed by atoms with Crippen molar-refractivity contribution < 1.29 is 13.9 Å². The van der Waals surface area contributed by atoms with Gasteiger partial charge in [-0.15, -0.1) is 0 Å². The highest BCUT2D eigenvalue weighted by molar-refractivity contribution is 5.86. The molecule has 0 radical (unpaired) electrons. The third-order valence-corrected chi connectivity index (χ3v) is 2.36. The Morgan fingerprint density at radius 3 is 3.12 bits per heavy atom. The summed E-state index contributed by atoms with van der Waals surface area (Å²) >= 11 is 0. The minimum Gasteiger partial charge on any atom is -0.466 e. The highest BCUT2D eigenvalue weighted by atomic mass is 16.5. The number of allylic oxidation sites excluding steroid dienone is 4. The largest absolute Gasteiger partial charge is 0.466 e. The number of nitrogens with zero attached hydrogens (tertiary/aromatic N) is 1. The molecule has 0 aromatic carbocycles. The molecule has 0 spiro atoms. The number of esters is 1. The zero-order valence-electron chi connectivity index (χ0n) is 9.55. The van der Waals surface area contributed by atoms with E-state index in [1.54, 1.807) is 6.08 Å². The van der Waals surface area contributed by atoms with Crippen LogP contribution in [0.2, 0.25) is 0 Å². The number of oxazole rings is 1. The second kappa shape index (κ2) is 5.30. The second-order valence-electron chi connectivity index (χ2n) is 3.57. The van der Waals surface area contributed by atoms with E-state index in [9.17, 15) is 4.79 Å². The number of methoxy groups -OCH3 is 1. The van der Waals surface area contributed by atoms with Gasteiger partial charge in [0.2, 0.25) is 5.89 Å². The van der Waals surface area contributed by atoms with E-state index in [0.29, 0.717) is 11.6 Å². The van der Waals surface area contributed by atoms with Gasteiger partial charge in [0.1, 0.15) is 12.0 Å². The molecule has 17 heavy (non-hydrogen) atoms. The van der Waals surface area contributed by atoms with Gasteiger partial charge in [0.15, 0.2) is 0 Å². The molecule has 0 aliphatic heterocycles. The van der Waals surface area contributed by atoms with Crippen molar-refractivity contribution in [2.24, 2.45) is 0 Å². The molecule has 88 valence electrons. The number of carbonyl (C=O) groups excluding carboxylic acids is 1. The minimum absolute atomic E-state index is 0.411. The maximum Gasteiger partial charge on any atom is 0.330 e. The van der Waals surface area contributed by atoms with Gasteiger partial charge in [-0.05, 0) is 18.9 Å². The van der Waals surface area contributed by atoms with Crippen LogP contribution in [-0.2, 0) is 9.53 Å². The Kier molecular flexibility index (Phi) is 3.55. The summed E-state index contributed by atoms with van der Waals surface area (Å²) in [7, 11) is 1.33. The quantitative estimate of drug-likeness (QED) is 0.592. The molecule has 1 aliphatic rings. The maximum absolute atomic E-state index is 10.9. The van der Waals surface area contributed by atoms with Gasteiger partial charge in [-0.2, -0.15) is 0 Å². The summed E-state index contributed by atoms with van der Waals surface area (Å²) in [6.45, 7) is 0. The molecule has 0 fully saturated rings. The molecule has 0 bridgehead atoms. The summed E-state index contributed by atoms with van der Waals surface area (Å²) in [5.41, 5.74) is 1.58. The van der Waals surface area contributed by atoms with E-state index in [4.69, 9.17) is 4.42 Å². The van der Waals surface area contributed by atoms with E-state index in [1.807, 2.05) is 6.08 Å². The maximum atomic E-state index is 10.9. The van der Waals surface area contributed by atoms with E-state index in [2.05, 4.69) is 21.9 Å². The lowest BCUT2D eigenvalue weighted by atomic mass is 10.1. The zero-order chi connectivity index (χ0) is 12.1. The van der Waals surface area contributed by atoms with Crippen LogP contribution in [0.5, 0.6) is 0 Å². The standard InChI is InChI=1S/C13H13NO3/c1-16-12(15)8-7-11-9-17-13(14-11)10-5-3-2-4-6-10/h3,5-9H,2,4H2,1H3. The van der Waals surface area contributed by atoms with Crippen molar-refractivity contribution in [2.45, 2.75) is 12.8 Å². The average Bonchev–Trinajstić information content (AvgIpc) is 2.86. The Hall–Kier alpha value is -2.10. The fourth-order valence-electron chi connectivity index (χ4n) is 1.49. The first kappa shape index (κ1) is 11.4. The highest BCUT2D eigenvalue weighted by Crippen LogP contribution is 2.20. The van der Waals surface area contributed by atoms with Crippen LogP contribution in [0.4, 0.5) is 0 Å². The third kappa shape index (κ3) is 2.93. The van der Waals surface area contributed by atoms with Crippen LogP contribution in [-0.4, -0.2) is 18.1 Å². The average molecular weight is 231 g/mol. The molecule has 0 saturated heterocycles. The van der Waals surface area contributed by atoms with Crippen LogP contribution in [0.15, 0.2) is 35.0 Å². The lowest BCUT2D eigenvalue weighted by Crippen LogP contribution is -1.93. The van der Waals surface area contributed by atoms with Crippen molar-refractivity contribution in [2.75, 3.05) is 7.11 Å². The van der Waals surface area contributed by atoms with Crippen molar-refractivity contribution in [3.63, 3.8) is 0 Å². The summed E-state index contributed by atoms with van der Waals surface area (Å²) in [4.78, 5) is 15.2. The predicted molar refractivity (Wildman–Crippen MR) is 63.9 cm³/mol. The van der Waals surface area contributed by atoms with E-state index >= 15 is 0 Å². The minimum atomic E-state index is -0.411. The molecule has 0 amide bonds. The highest BCUT2D eigenvalue weighted by Gasteiger charge is 2.07. The molecule has 2 rings (SSSR count). The Labute approximate surface area is 99.3 Å². The molecular weight excluding hydrogens is 218 g/mol. The SMILES string of the molecule is COC(=O)C=Cc1coc(C2=CCCC=C2)n1. The van der Waals surface area contributed by atoms with Crippen molar-refractivity contribution in [3.05, 3.63) is 42.2 Å².